The van der Waals surface area contributed by atoms with Gasteiger partial charge in [-0.2, -0.15) is 5.26 Å². The first kappa shape index (κ1) is 24.2. The second-order valence-corrected chi connectivity index (χ2v) is 10.4. The molecule has 35 heavy (non-hydrogen) atoms. The molecule has 0 radical (unpaired) electrons. The molecule has 2 heterocycles. The van der Waals surface area contributed by atoms with Crippen molar-refractivity contribution in [3.63, 3.8) is 0 Å². The number of thiazole rings is 1. The largest absolute Gasteiger partial charge is 0.384 e. The number of carbonyl (C=O) groups is 1. The van der Waals surface area contributed by atoms with Crippen LogP contribution in [-0.2, 0) is 4.79 Å². The third kappa shape index (κ3) is 4.33. The topological polar surface area (TPSA) is 115 Å². The smallest absolute Gasteiger partial charge is 0.274 e. The van der Waals surface area contributed by atoms with Gasteiger partial charge in [-0.3, -0.25) is 14.2 Å². The minimum absolute atomic E-state index is 0.0292. The van der Waals surface area contributed by atoms with Crippen LogP contribution in [0.15, 0.2) is 58.9 Å². The number of nitriles is 1. The van der Waals surface area contributed by atoms with Gasteiger partial charge in [-0.1, -0.05) is 76.2 Å². The fourth-order valence-corrected chi connectivity index (χ4v) is 5.50. The van der Waals surface area contributed by atoms with Crippen LogP contribution in [0.5, 0.6) is 0 Å². The SMILES string of the molecule is CC(C)c1ccc(C=c2sc3n(c2=O)C(N)=C(C#N)C(c2ccc(C(C)C)cc2)C=3C(N)=O)cc1. The zero-order chi connectivity index (χ0) is 25.4. The molecule has 2 aromatic carbocycles. The van der Waals surface area contributed by atoms with Crippen molar-refractivity contribution in [2.75, 3.05) is 0 Å². The Hall–Kier alpha value is -3.89. The molecule has 1 aliphatic rings. The van der Waals surface area contributed by atoms with Gasteiger partial charge in [-0.25, -0.2) is 0 Å². The second kappa shape index (κ2) is 9.40. The van der Waals surface area contributed by atoms with Crippen molar-refractivity contribution >= 4 is 34.7 Å². The number of carbonyl (C=O) groups excluding carboxylic acids is 1. The van der Waals surface area contributed by atoms with Crippen LogP contribution >= 0.6 is 11.3 Å². The molecule has 1 unspecified atom stereocenters. The van der Waals surface area contributed by atoms with Gasteiger partial charge in [-0.05, 0) is 40.2 Å². The Bertz CT molecular complexity index is 1550. The van der Waals surface area contributed by atoms with E-state index in [1.807, 2.05) is 48.5 Å². The number of nitrogens with two attached hydrogens (primary N) is 2. The van der Waals surface area contributed by atoms with Crippen molar-refractivity contribution in [3.8, 4) is 6.07 Å². The van der Waals surface area contributed by atoms with E-state index in [0.29, 0.717) is 21.0 Å². The first-order valence-corrected chi connectivity index (χ1v) is 12.3. The Morgan fingerprint density at radius 1 is 1.03 bits per heavy atom. The average Bonchev–Trinajstić information content (AvgIpc) is 3.14. The number of primary amides is 1. The number of hydrogen-bond acceptors (Lipinski definition) is 5. The maximum Gasteiger partial charge on any atom is 0.274 e. The maximum absolute atomic E-state index is 13.3. The third-order valence-corrected chi connectivity index (χ3v) is 7.48. The Morgan fingerprint density at radius 3 is 2.06 bits per heavy atom. The summed E-state index contributed by atoms with van der Waals surface area (Å²) in [6.45, 7) is 8.42. The number of allylic oxidation sites excluding steroid dienone is 1. The molecule has 0 bridgehead atoms. The van der Waals surface area contributed by atoms with Crippen LogP contribution < -0.4 is 26.2 Å². The Balaban J connectivity index is 1.97. The van der Waals surface area contributed by atoms with Crippen LogP contribution in [0, 0.1) is 11.3 Å². The molecule has 6 nitrogen and oxygen atoms in total. The highest BCUT2D eigenvalue weighted by Crippen LogP contribution is 2.36. The molecule has 178 valence electrons. The van der Waals surface area contributed by atoms with E-state index in [1.54, 1.807) is 6.08 Å². The molecule has 0 spiro atoms. The van der Waals surface area contributed by atoms with Gasteiger partial charge in [0.15, 0.2) is 0 Å². The van der Waals surface area contributed by atoms with E-state index in [2.05, 4.69) is 33.8 Å². The number of nitrogens with zero attached hydrogens (tertiary/aromatic N) is 2. The first-order valence-electron chi connectivity index (χ1n) is 11.5. The first-order chi connectivity index (χ1) is 16.6. The third-order valence-electron chi connectivity index (χ3n) is 6.37. The van der Waals surface area contributed by atoms with E-state index in [9.17, 15) is 14.9 Å². The molecule has 0 aliphatic carbocycles. The van der Waals surface area contributed by atoms with E-state index in [4.69, 9.17) is 11.5 Å². The lowest BCUT2D eigenvalue weighted by Gasteiger charge is -2.24. The van der Waals surface area contributed by atoms with Gasteiger partial charge in [0, 0.05) is 0 Å². The van der Waals surface area contributed by atoms with E-state index in [1.165, 1.54) is 10.1 Å². The quantitative estimate of drug-likeness (QED) is 0.579. The minimum Gasteiger partial charge on any atom is -0.384 e. The molecule has 4 rings (SSSR count). The van der Waals surface area contributed by atoms with Crippen LogP contribution in [0.4, 0.5) is 0 Å². The normalized spacial score (nSPS) is 16.1. The van der Waals surface area contributed by atoms with Crippen LogP contribution in [0.3, 0.4) is 0 Å². The lowest BCUT2D eigenvalue weighted by Crippen LogP contribution is -2.41. The summed E-state index contributed by atoms with van der Waals surface area (Å²) in [7, 11) is 0. The van der Waals surface area contributed by atoms with E-state index in [0.717, 1.165) is 28.0 Å². The van der Waals surface area contributed by atoms with Crippen molar-refractivity contribution in [1.82, 2.24) is 4.57 Å². The highest BCUT2D eigenvalue weighted by atomic mass is 32.1. The van der Waals surface area contributed by atoms with Crippen molar-refractivity contribution in [2.24, 2.45) is 11.5 Å². The van der Waals surface area contributed by atoms with Gasteiger partial charge < -0.3 is 11.5 Å². The lowest BCUT2D eigenvalue weighted by atomic mass is 9.83. The van der Waals surface area contributed by atoms with Crippen molar-refractivity contribution in [3.05, 3.63) is 95.9 Å². The summed E-state index contributed by atoms with van der Waals surface area (Å²) in [5.41, 5.74) is 16.1. The number of hydrogen-bond donors (Lipinski definition) is 2. The van der Waals surface area contributed by atoms with Crippen LogP contribution in [-0.4, -0.2) is 10.5 Å². The van der Waals surface area contributed by atoms with Crippen LogP contribution in [0.25, 0.3) is 17.5 Å². The van der Waals surface area contributed by atoms with Crippen LogP contribution in [0.2, 0.25) is 0 Å². The molecule has 1 amide bonds. The van der Waals surface area contributed by atoms with Gasteiger partial charge in [0.1, 0.15) is 10.5 Å². The standard InChI is InChI=1S/C28H28N4O2S/c1-15(2)18-7-5-17(6-8-18)13-22-27(34)32-25(30)21(14-29)23(24(26(31)33)28(32)35-22)20-11-9-19(10-12-20)16(3)4/h5-13,15-16,23H,30H2,1-4H3,(H2,31,33). The fraction of sp³-hybridized carbons (Fsp3) is 0.250. The molecule has 1 aromatic heterocycles. The number of benzene rings is 2. The molecule has 0 fully saturated rings. The number of aromatic nitrogens is 1. The predicted molar refractivity (Wildman–Crippen MR) is 141 cm³/mol. The minimum atomic E-state index is -0.741. The zero-order valence-corrected chi connectivity index (χ0v) is 21.0. The summed E-state index contributed by atoms with van der Waals surface area (Å²) >= 11 is 1.16. The summed E-state index contributed by atoms with van der Waals surface area (Å²) < 4.78 is 2.02. The Labute approximate surface area is 208 Å². The monoisotopic (exact) mass is 484 g/mol. The molecule has 1 aliphatic heterocycles. The van der Waals surface area contributed by atoms with E-state index >= 15 is 0 Å². The van der Waals surface area contributed by atoms with E-state index < -0.39 is 11.8 Å². The number of fused-ring (bicyclic) bond motifs is 1. The number of amides is 1. The summed E-state index contributed by atoms with van der Waals surface area (Å²) in [6, 6.07) is 17.8. The lowest BCUT2D eigenvalue weighted by molar-refractivity contribution is -0.113. The summed E-state index contributed by atoms with van der Waals surface area (Å²) in [4.78, 5) is 26.1. The second-order valence-electron chi connectivity index (χ2n) is 9.32. The van der Waals surface area contributed by atoms with Gasteiger partial charge >= 0.3 is 0 Å². The molecule has 0 saturated heterocycles. The predicted octanol–water partition coefficient (Wildman–Crippen LogP) is 3.07. The maximum atomic E-state index is 13.3. The van der Waals surface area contributed by atoms with Gasteiger partial charge in [0.25, 0.3) is 5.56 Å². The fourth-order valence-electron chi connectivity index (χ4n) is 4.32. The van der Waals surface area contributed by atoms with Crippen molar-refractivity contribution in [2.45, 2.75) is 45.4 Å². The van der Waals surface area contributed by atoms with Gasteiger partial charge in [-0.15, -0.1) is 11.3 Å². The Kier molecular flexibility index (Phi) is 6.51. The zero-order valence-electron chi connectivity index (χ0n) is 20.2. The highest BCUT2D eigenvalue weighted by Gasteiger charge is 2.34. The molecule has 3 aromatic rings. The average molecular weight is 485 g/mol. The highest BCUT2D eigenvalue weighted by molar-refractivity contribution is 7.07. The molecular weight excluding hydrogens is 456 g/mol. The molecule has 4 N–H and O–H groups in total. The Morgan fingerprint density at radius 2 is 1.57 bits per heavy atom. The molecule has 0 saturated carbocycles. The summed E-state index contributed by atoms with van der Waals surface area (Å²) in [6.07, 6.45) is 1.77. The molecule has 1 atom stereocenters. The molecular formula is C28H28N4O2S. The molecule has 7 heteroatoms. The van der Waals surface area contributed by atoms with Gasteiger partial charge in [0.05, 0.1) is 27.7 Å². The number of rotatable bonds is 5. The van der Waals surface area contributed by atoms with Crippen molar-refractivity contribution < 1.29 is 4.79 Å². The van der Waals surface area contributed by atoms with E-state index in [-0.39, 0.29) is 22.5 Å². The van der Waals surface area contributed by atoms with Crippen molar-refractivity contribution in [1.29, 1.82) is 5.26 Å². The summed E-state index contributed by atoms with van der Waals surface area (Å²) in [5, 5.41) is 9.99. The van der Waals surface area contributed by atoms with Gasteiger partial charge in [0.2, 0.25) is 5.91 Å². The van der Waals surface area contributed by atoms with Crippen LogP contribution in [0.1, 0.15) is 67.7 Å². The summed E-state index contributed by atoms with van der Waals surface area (Å²) in [5.74, 6) is -0.666.